The number of aromatic amines is 1. The van der Waals surface area contributed by atoms with Crippen LogP contribution >= 0.6 is 11.6 Å². The van der Waals surface area contributed by atoms with Crippen LogP contribution in [0.25, 0.3) is 22.4 Å². The number of anilines is 1. The Balaban J connectivity index is 1.50. The second kappa shape index (κ2) is 9.60. The third kappa shape index (κ3) is 4.95. The number of unbranched alkanes of at least 4 members (excludes halogenated alkanes) is 2. The molecule has 4 rings (SSSR count). The van der Waals surface area contributed by atoms with E-state index in [0.717, 1.165) is 50.2 Å². The Kier molecular flexibility index (Phi) is 6.65. The largest absolute Gasteiger partial charge is 0.363 e. The first-order chi connectivity index (χ1) is 15.0. The predicted molar refractivity (Wildman–Crippen MR) is 119 cm³/mol. The molecular weight excluding hydrogens is 419 g/mol. The van der Waals surface area contributed by atoms with Crippen molar-refractivity contribution in [3.8, 4) is 11.4 Å². The number of rotatable bonds is 7. The molecule has 7 nitrogen and oxygen atoms in total. The van der Waals surface area contributed by atoms with Crippen molar-refractivity contribution < 1.29 is 9.18 Å². The van der Waals surface area contributed by atoms with Crippen LogP contribution in [0.15, 0.2) is 24.7 Å². The number of carbonyl (C=O) groups excluding carboxylic acids is 1. The third-order valence-corrected chi connectivity index (χ3v) is 5.80. The number of aromatic nitrogens is 4. The Morgan fingerprint density at radius 1 is 1.35 bits per heavy atom. The van der Waals surface area contributed by atoms with Crippen LogP contribution in [0.1, 0.15) is 45.4 Å². The van der Waals surface area contributed by atoms with E-state index >= 15 is 0 Å². The second-order valence-corrected chi connectivity index (χ2v) is 8.36. The van der Waals surface area contributed by atoms with E-state index < -0.39 is 5.82 Å². The van der Waals surface area contributed by atoms with Gasteiger partial charge in [0.05, 0.1) is 11.2 Å². The molecule has 1 unspecified atom stereocenters. The van der Waals surface area contributed by atoms with E-state index in [1.165, 1.54) is 0 Å². The summed E-state index contributed by atoms with van der Waals surface area (Å²) in [5.74, 6) is 0.167. The number of piperidine rings is 1. The van der Waals surface area contributed by atoms with Gasteiger partial charge in [0, 0.05) is 48.9 Å². The number of pyridine rings is 1. The van der Waals surface area contributed by atoms with Crippen molar-refractivity contribution in [3.63, 3.8) is 0 Å². The van der Waals surface area contributed by atoms with Crippen LogP contribution in [0.2, 0.25) is 5.02 Å². The summed E-state index contributed by atoms with van der Waals surface area (Å²) in [5.41, 5.74) is 1.36. The van der Waals surface area contributed by atoms with Crippen molar-refractivity contribution >= 4 is 34.4 Å². The lowest BCUT2D eigenvalue weighted by molar-refractivity contribution is -0.132. The standard InChI is InChI=1S/C22H26ClFN6O/c1-2-3-4-7-19(31)30-8-5-6-15(13-30)28-22-18(24)12-27-21(29-22)17-11-26-20-16(17)9-14(23)10-25-20/h9-12,15H,2-8,13H2,1H3,(H,25,26)(H,27,28,29). The third-order valence-electron chi connectivity index (χ3n) is 5.59. The lowest BCUT2D eigenvalue weighted by atomic mass is 10.0. The maximum absolute atomic E-state index is 14.5. The van der Waals surface area contributed by atoms with Crippen molar-refractivity contribution in [1.82, 2.24) is 24.8 Å². The van der Waals surface area contributed by atoms with Crippen molar-refractivity contribution in [2.24, 2.45) is 0 Å². The first-order valence-electron chi connectivity index (χ1n) is 10.7. The van der Waals surface area contributed by atoms with Gasteiger partial charge in [-0.2, -0.15) is 0 Å². The van der Waals surface area contributed by atoms with Crippen LogP contribution in [0.5, 0.6) is 0 Å². The average molecular weight is 445 g/mol. The van der Waals surface area contributed by atoms with E-state index in [0.29, 0.717) is 35.0 Å². The summed E-state index contributed by atoms with van der Waals surface area (Å²) in [6, 6.07) is 1.72. The maximum Gasteiger partial charge on any atom is 0.222 e. The highest BCUT2D eigenvalue weighted by atomic mass is 35.5. The maximum atomic E-state index is 14.5. The molecule has 3 aromatic heterocycles. The molecule has 4 heterocycles. The van der Waals surface area contributed by atoms with Crippen LogP contribution < -0.4 is 5.32 Å². The molecule has 1 saturated heterocycles. The molecule has 1 atom stereocenters. The topological polar surface area (TPSA) is 86.8 Å². The summed E-state index contributed by atoms with van der Waals surface area (Å²) < 4.78 is 14.5. The van der Waals surface area contributed by atoms with Crippen molar-refractivity contribution in [2.45, 2.75) is 51.5 Å². The molecule has 0 aliphatic carbocycles. The Hall–Kier alpha value is -2.74. The quantitative estimate of drug-likeness (QED) is 0.511. The van der Waals surface area contributed by atoms with Crippen LogP contribution in [0.4, 0.5) is 10.2 Å². The fourth-order valence-corrected chi connectivity index (χ4v) is 4.12. The first-order valence-corrected chi connectivity index (χ1v) is 11.1. The molecule has 1 aliphatic rings. The predicted octanol–water partition coefficient (Wildman–Crippen LogP) is 4.80. The average Bonchev–Trinajstić information content (AvgIpc) is 3.18. The monoisotopic (exact) mass is 444 g/mol. The fraction of sp³-hybridized carbons (Fsp3) is 0.455. The summed E-state index contributed by atoms with van der Waals surface area (Å²) in [5, 5.41) is 4.46. The number of carbonyl (C=O) groups is 1. The van der Waals surface area contributed by atoms with Gasteiger partial charge >= 0.3 is 0 Å². The molecule has 0 aromatic carbocycles. The fourth-order valence-electron chi connectivity index (χ4n) is 3.96. The minimum absolute atomic E-state index is 0.0554. The summed E-state index contributed by atoms with van der Waals surface area (Å²) in [6.07, 6.45) is 9.83. The van der Waals surface area contributed by atoms with Crippen LogP contribution in [0.3, 0.4) is 0 Å². The number of fused-ring (bicyclic) bond motifs is 1. The van der Waals surface area contributed by atoms with Crippen molar-refractivity contribution in [1.29, 1.82) is 0 Å². The van der Waals surface area contributed by atoms with Gasteiger partial charge < -0.3 is 15.2 Å². The van der Waals surface area contributed by atoms with Gasteiger partial charge in [-0.05, 0) is 25.3 Å². The highest BCUT2D eigenvalue weighted by molar-refractivity contribution is 6.31. The molecule has 0 saturated carbocycles. The molecule has 0 spiro atoms. The number of amides is 1. The molecule has 1 amide bonds. The summed E-state index contributed by atoms with van der Waals surface area (Å²) in [4.78, 5) is 30.2. The smallest absolute Gasteiger partial charge is 0.222 e. The van der Waals surface area contributed by atoms with Crippen LogP contribution in [-0.2, 0) is 4.79 Å². The SMILES string of the molecule is CCCCCC(=O)N1CCCC(Nc2nc(-c3c[nH]c4ncc(Cl)cc34)ncc2F)C1. The van der Waals surface area contributed by atoms with E-state index in [1.807, 2.05) is 4.90 Å². The molecular formula is C22H26ClFN6O. The van der Waals surface area contributed by atoms with Gasteiger partial charge in [0.25, 0.3) is 0 Å². The highest BCUT2D eigenvalue weighted by Crippen LogP contribution is 2.28. The zero-order valence-electron chi connectivity index (χ0n) is 17.5. The molecule has 31 heavy (non-hydrogen) atoms. The Bertz CT molecular complexity index is 1070. The minimum atomic E-state index is -0.522. The number of hydrogen-bond donors (Lipinski definition) is 2. The van der Waals surface area contributed by atoms with Gasteiger partial charge in [0.2, 0.25) is 5.91 Å². The minimum Gasteiger partial charge on any atom is -0.363 e. The molecule has 2 N–H and O–H groups in total. The second-order valence-electron chi connectivity index (χ2n) is 7.92. The number of hydrogen-bond acceptors (Lipinski definition) is 5. The van der Waals surface area contributed by atoms with Crippen LogP contribution in [0, 0.1) is 5.82 Å². The molecule has 3 aromatic rings. The summed E-state index contributed by atoms with van der Waals surface area (Å²) >= 11 is 6.08. The van der Waals surface area contributed by atoms with Gasteiger partial charge in [0.1, 0.15) is 5.65 Å². The van der Waals surface area contributed by atoms with E-state index in [2.05, 4.69) is 32.2 Å². The van der Waals surface area contributed by atoms with Gasteiger partial charge in [-0.25, -0.2) is 19.3 Å². The Labute approximate surface area is 185 Å². The number of halogens is 2. The van der Waals surface area contributed by atoms with E-state index in [4.69, 9.17) is 11.6 Å². The first kappa shape index (κ1) is 21.5. The number of H-pyrrole nitrogens is 1. The zero-order valence-corrected chi connectivity index (χ0v) is 18.3. The van der Waals surface area contributed by atoms with E-state index in [-0.39, 0.29) is 17.8 Å². The normalized spacial score (nSPS) is 16.6. The molecule has 1 aliphatic heterocycles. The van der Waals surface area contributed by atoms with Gasteiger partial charge in [-0.3, -0.25) is 4.79 Å². The highest BCUT2D eigenvalue weighted by Gasteiger charge is 2.24. The number of likely N-dealkylation sites (tertiary alicyclic amines) is 1. The lowest BCUT2D eigenvalue weighted by Crippen LogP contribution is -2.45. The molecule has 0 bridgehead atoms. The van der Waals surface area contributed by atoms with Gasteiger partial charge in [-0.1, -0.05) is 31.4 Å². The van der Waals surface area contributed by atoms with E-state index in [9.17, 15) is 9.18 Å². The lowest BCUT2D eigenvalue weighted by Gasteiger charge is -2.33. The number of nitrogens with zero attached hydrogens (tertiary/aromatic N) is 4. The van der Waals surface area contributed by atoms with Crippen molar-refractivity contribution in [3.05, 3.63) is 35.5 Å². The zero-order chi connectivity index (χ0) is 21.8. The van der Waals surface area contributed by atoms with Crippen molar-refractivity contribution in [2.75, 3.05) is 18.4 Å². The Morgan fingerprint density at radius 2 is 2.23 bits per heavy atom. The molecule has 0 radical (unpaired) electrons. The Morgan fingerprint density at radius 3 is 3.06 bits per heavy atom. The van der Waals surface area contributed by atoms with E-state index in [1.54, 1.807) is 18.5 Å². The summed E-state index contributed by atoms with van der Waals surface area (Å²) in [6.45, 7) is 3.43. The summed E-state index contributed by atoms with van der Waals surface area (Å²) in [7, 11) is 0. The van der Waals surface area contributed by atoms with Gasteiger partial charge in [-0.15, -0.1) is 0 Å². The molecule has 9 heteroatoms. The van der Waals surface area contributed by atoms with Gasteiger partial charge in [0.15, 0.2) is 17.5 Å². The van der Waals surface area contributed by atoms with Crippen LogP contribution in [-0.4, -0.2) is 49.9 Å². The molecule has 164 valence electrons. The molecule has 1 fully saturated rings. The number of nitrogens with one attached hydrogen (secondary N) is 2.